The highest BCUT2D eigenvalue weighted by molar-refractivity contribution is 5.66. The Kier molecular flexibility index (Phi) is 3.64. The van der Waals surface area contributed by atoms with Crippen LogP contribution in [-0.4, -0.2) is 9.97 Å². The Balaban J connectivity index is 2.44. The number of anilines is 3. The van der Waals surface area contributed by atoms with Gasteiger partial charge in [0.05, 0.1) is 0 Å². The number of aryl methyl sites for hydroxylation is 1. The summed E-state index contributed by atoms with van der Waals surface area (Å²) in [5.74, 6) is 0.955. The van der Waals surface area contributed by atoms with Gasteiger partial charge in [-0.15, -0.1) is 0 Å². The van der Waals surface area contributed by atoms with Crippen molar-refractivity contribution in [3.63, 3.8) is 0 Å². The summed E-state index contributed by atoms with van der Waals surface area (Å²) < 4.78 is 13.3. The second-order valence-electron chi connectivity index (χ2n) is 4.76. The normalized spacial score (nSPS) is 10.8. The summed E-state index contributed by atoms with van der Waals surface area (Å²) in [6.07, 6.45) is 1.40. The molecule has 4 nitrogen and oxygen atoms in total. The number of halogens is 1. The maximum absolute atomic E-state index is 13.3. The molecule has 0 aliphatic carbocycles. The minimum atomic E-state index is -0.291. The van der Waals surface area contributed by atoms with Gasteiger partial charge < -0.3 is 11.1 Å². The van der Waals surface area contributed by atoms with Gasteiger partial charge in [0.15, 0.2) is 0 Å². The monoisotopic (exact) mass is 260 g/mol. The average Bonchev–Trinajstić information content (AvgIpc) is 2.33. The molecule has 0 fully saturated rings. The number of rotatable bonds is 3. The van der Waals surface area contributed by atoms with E-state index in [-0.39, 0.29) is 11.7 Å². The number of hydrogen-bond donors (Lipinski definition) is 2. The fourth-order valence-electron chi connectivity index (χ4n) is 1.93. The van der Waals surface area contributed by atoms with Crippen molar-refractivity contribution in [3.05, 3.63) is 41.5 Å². The van der Waals surface area contributed by atoms with Crippen LogP contribution < -0.4 is 11.1 Å². The molecule has 0 spiro atoms. The van der Waals surface area contributed by atoms with E-state index in [4.69, 9.17) is 5.73 Å². The number of benzene rings is 1. The summed E-state index contributed by atoms with van der Waals surface area (Å²) in [4.78, 5) is 8.20. The number of nitrogen functional groups attached to an aromatic ring is 1. The van der Waals surface area contributed by atoms with Gasteiger partial charge in [0.25, 0.3) is 0 Å². The van der Waals surface area contributed by atoms with E-state index in [1.54, 1.807) is 6.07 Å². The molecule has 0 saturated heterocycles. The quantitative estimate of drug-likeness (QED) is 0.888. The van der Waals surface area contributed by atoms with Crippen LogP contribution in [-0.2, 0) is 0 Å². The molecule has 0 unspecified atom stereocenters. The third-order valence-electron chi connectivity index (χ3n) is 2.94. The van der Waals surface area contributed by atoms with Crippen LogP contribution in [0, 0.1) is 12.7 Å². The lowest BCUT2D eigenvalue weighted by atomic mass is 10.0. The van der Waals surface area contributed by atoms with Crippen molar-refractivity contribution in [1.29, 1.82) is 0 Å². The van der Waals surface area contributed by atoms with Gasteiger partial charge in [-0.2, -0.15) is 0 Å². The Morgan fingerprint density at radius 2 is 2.00 bits per heavy atom. The molecule has 2 rings (SSSR count). The third-order valence-corrected chi connectivity index (χ3v) is 2.94. The minimum Gasteiger partial charge on any atom is -0.383 e. The van der Waals surface area contributed by atoms with Crippen molar-refractivity contribution in [2.75, 3.05) is 11.1 Å². The number of hydrogen-bond acceptors (Lipinski definition) is 4. The van der Waals surface area contributed by atoms with E-state index in [0.717, 1.165) is 11.1 Å². The van der Waals surface area contributed by atoms with Gasteiger partial charge >= 0.3 is 0 Å². The highest BCUT2D eigenvalue weighted by Gasteiger charge is 2.13. The lowest BCUT2D eigenvalue weighted by molar-refractivity contribution is 0.628. The third kappa shape index (κ3) is 2.81. The summed E-state index contributed by atoms with van der Waals surface area (Å²) in [6, 6.07) is 4.59. The van der Waals surface area contributed by atoms with Gasteiger partial charge in [-0.3, -0.25) is 0 Å². The Morgan fingerprint density at radius 3 is 2.68 bits per heavy atom. The molecule has 100 valence electrons. The van der Waals surface area contributed by atoms with Crippen LogP contribution in [0.25, 0.3) is 0 Å². The Labute approximate surface area is 111 Å². The van der Waals surface area contributed by atoms with Gasteiger partial charge in [-0.1, -0.05) is 19.9 Å². The number of aromatic nitrogens is 2. The molecule has 0 aliphatic heterocycles. The fourth-order valence-corrected chi connectivity index (χ4v) is 1.93. The van der Waals surface area contributed by atoms with Crippen LogP contribution in [0.3, 0.4) is 0 Å². The van der Waals surface area contributed by atoms with E-state index >= 15 is 0 Å². The van der Waals surface area contributed by atoms with Crippen LogP contribution in [0.15, 0.2) is 24.5 Å². The van der Waals surface area contributed by atoms with Crippen molar-refractivity contribution in [2.24, 2.45) is 0 Å². The van der Waals surface area contributed by atoms with E-state index in [2.05, 4.69) is 15.3 Å². The molecular formula is C14H17FN4. The van der Waals surface area contributed by atoms with Crippen molar-refractivity contribution >= 4 is 17.3 Å². The lowest BCUT2D eigenvalue weighted by Crippen LogP contribution is -2.07. The summed E-state index contributed by atoms with van der Waals surface area (Å²) in [6.45, 7) is 5.93. The molecule has 1 aromatic heterocycles. The second-order valence-corrected chi connectivity index (χ2v) is 4.76. The SMILES string of the molecule is Cc1ccc(F)cc1Nc1ncnc(N)c1C(C)C. The minimum absolute atomic E-state index is 0.178. The molecule has 0 aliphatic rings. The zero-order chi connectivity index (χ0) is 14.0. The Morgan fingerprint density at radius 1 is 1.26 bits per heavy atom. The predicted octanol–water partition coefficient (Wildman–Crippen LogP) is 3.37. The average molecular weight is 260 g/mol. The molecule has 19 heavy (non-hydrogen) atoms. The van der Waals surface area contributed by atoms with Crippen molar-refractivity contribution < 1.29 is 4.39 Å². The highest BCUT2D eigenvalue weighted by Crippen LogP contribution is 2.29. The molecule has 1 heterocycles. The summed E-state index contributed by atoms with van der Waals surface area (Å²) >= 11 is 0. The van der Waals surface area contributed by atoms with Crippen LogP contribution in [0.2, 0.25) is 0 Å². The maximum Gasteiger partial charge on any atom is 0.139 e. The summed E-state index contributed by atoms with van der Waals surface area (Å²) in [5, 5.41) is 3.13. The smallest absolute Gasteiger partial charge is 0.139 e. The number of nitrogens with zero attached hydrogens (tertiary/aromatic N) is 2. The zero-order valence-corrected chi connectivity index (χ0v) is 11.2. The summed E-state index contributed by atoms with van der Waals surface area (Å²) in [5.41, 5.74) is 8.34. The first-order valence-corrected chi connectivity index (χ1v) is 6.12. The fraction of sp³-hybridized carbons (Fsp3) is 0.286. The lowest BCUT2D eigenvalue weighted by Gasteiger charge is -2.16. The van der Waals surface area contributed by atoms with Crippen LogP contribution >= 0.6 is 0 Å². The van der Waals surface area contributed by atoms with Crippen LogP contribution in [0.4, 0.5) is 21.7 Å². The zero-order valence-electron chi connectivity index (χ0n) is 11.2. The topological polar surface area (TPSA) is 63.8 Å². The Hall–Kier alpha value is -2.17. The largest absolute Gasteiger partial charge is 0.383 e. The van der Waals surface area contributed by atoms with Gasteiger partial charge in [0.2, 0.25) is 0 Å². The van der Waals surface area contributed by atoms with E-state index in [9.17, 15) is 4.39 Å². The van der Waals surface area contributed by atoms with Crippen molar-refractivity contribution in [1.82, 2.24) is 9.97 Å². The van der Waals surface area contributed by atoms with Gasteiger partial charge in [-0.05, 0) is 30.5 Å². The van der Waals surface area contributed by atoms with Gasteiger partial charge in [0.1, 0.15) is 23.8 Å². The summed E-state index contributed by atoms with van der Waals surface area (Å²) in [7, 11) is 0. The molecule has 3 N–H and O–H groups in total. The number of nitrogens with one attached hydrogen (secondary N) is 1. The van der Waals surface area contributed by atoms with Crippen molar-refractivity contribution in [3.8, 4) is 0 Å². The molecule has 5 heteroatoms. The van der Waals surface area contributed by atoms with Gasteiger partial charge in [-0.25, -0.2) is 14.4 Å². The van der Waals surface area contributed by atoms with Crippen LogP contribution in [0.1, 0.15) is 30.9 Å². The van der Waals surface area contributed by atoms with E-state index in [1.165, 1.54) is 18.5 Å². The van der Waals surface area contributed by atoms with E-state index in [1.807, 2.05) is 20.8 Å². The van der Waals surface area contributed by atoms with E-state index in [0.29, 0.717) is 17.3 Å². The molecule has 0 atom stereocenters. The predicted molar refractivity (Wildman–Crippen MR) is 75.0 cm³/mol. The molecule has 0 radical (unpaired) electrons. The molecule has 0 amide bonds. The maximum atomic E-state index is 13.3. The van der Waals surface area contributed by atoms with Crippen molar-refractivity contribution in [2.45, 2.75) is 26.7 Å². The molecule has 2 aromatic rings. The van der Waals surface area contributed by atoms with E-state index < -0.39 is 0 Å². The Bertz CT molecular complexity index is 596. The standard InChI is InChI=1S/C14H17FN4/c1-8(2)12-13(16)17-7-18-14(12)19-11-6-10(15)5-4-9(11)3/h4-8H,1-3H3,(H3,16,17,18,19). The first-order chi connectivity index (χ1) is 8.99. The number of nitrogens with two attached hydrogens (primary N) is 1. The second kappa shape index (κ2) is 5.22. The van der Waals surface area contributed by atoms with Crippen LogP contribution in [0.5, 0.6) is 0 Å². The first kappa shape index (κ1) is 13.3. The highest BCUT2D eigenvalue weighted by atomic mass is 19.1. The van der Waals surface area contributed by atoms with Gasteiger partial charge in [0, 0.05) is 11.3 Å². The molecule has 1 aromatic carbocycles. The molecular weight excluding hydrogens is 243 g/mol. The molecule has 0 saturated carbocycles. The first-order valence-electron chi connectivity index (χ1n) is 6.12. The molecule has 0 bridgehead atoms.